The fourth-order valence-electron chi connectivity index (χ4n) is 0.891. The minimum Gasteiger partial charge on any atom is -0.329 e. The maximum absolute atomic E-state index is 5.48. The number of thioether (sulfide) groups is 1. The van der Waals surface area contributed by atoms with E-state index < -0.39 is 0 Å². The number of hydrogen-bond acceptors (Lipinski definition) is 2. The van der Waals surface area contributed by atoms with Gasteiger partial charge in [-0.2, -0.15) is 11.8 Å². The summed E-state index contributed by atoms with van der Waals surface area (Å²) in [6.45, 7) is 3.05. The SMILES string of the molecule is CC(CN)SC1CCC1. The predicted octanol–water partition coefficient (Wildman–Crippen LogP) is 1.62. The molecule has 1 saturated carbocycles. The first kappa shape index (κ1) is 7.42. The van der Waals surface area contributed by atoms with Crippen LogP contribution in [0.2, 0.25) is 0 Å². The molecule has 9 heavy (non-hydrogen) atoms. The molecular weight excluding hydrogens is 130 g/mol. The van der Waals surface area contributed by atoms with Crippen molar-refractivity contribution in [1.29, 1.82) is 0 Å². The lowest BCUT2D eigenvalue weighted by atomic mass is 10.00. The Bertz CT molecular complexity index is 78.2. The van der Waals surface area contributed by atoms with Crippen LogP contribution >= 0.6 is 11.8 Å². The van der Waals surface area contributed by atoms with Crippen LogP contribution in [0.4, 0.5) is 0 Å². The van der Waals surface area contributed by atoms with Gasteiger partial charge in [-0.3, -0.25) is 0 Å². The largest absolute Gasteiger partial charge is 0.329 e. The Labute approximate surface area is 61.4 Å². The Balaban J connectivity index is 2.01. The predicted molar refractivity (Wildman–Crippen MR) is 43.7 cm³/mol. The summed E-state index contributed by atoms with van der Waals surface area (Å²) in [6.07, 6.45) is 4.29. The van der Waals surface area contributed by atoms with Crippen LogP contribution in [-0.4, -0.2) is 17.0 Å². The Kier molecular flexibility index (Phi) is 2.86. The molecule has 0 spiro atoms. The second-order valence-electron chi connectivity index (χ2n) is 2.74. The summed E-state index contributed by atoms with van der Waals surface area (Å²) >= 11 is 2.06. The monoisotopic (exact) mass is 145 g/mol. The maximum atomic E-state index is 5.48. The lowest BCUT2D eigenvalue weighted by molar-refractivity contribution is 0.520. The summed E-state index contributed by atoms with van der Waals surface area (Å²) in [5.74, 6) is 0. The zero-order chi connectivity index (χ0) is 6.69. The van der Waals surface area contributed by atoms with E-state index in [-0.39, 0.29) is 0 Å². The maximum Gasteiger partial charge on any atom is 0.0144 e. The van der Waals surface area contributed by atoms with Crippen LogP contribution in [0.1, 0.15) is 26.2 Å². The van der Waals surface area contributed by atoms with Crippen molar-refractivity contribution in [2.45, 2.75) is 36.7 Å². The van der Waals surface area contributed by atoms with Gasteiger partial charge in [0, 0.05) is 17.0 Å². The molecule has 1 nitrogen and oxygen atoms in total. The molecule has 1 unspecified atom stereocenters. The van der Waals surface area contributed by atoms with Crippen LogP contribution in [0, 0.1) is 0 Å². The normalized spacial score (nSPS) is 23.3. The van der Waals surface area contributed by atoms with Crippen molar-refractivity contribution in [3.05, 3.63) is 0 Å². The third-order valence-corrected chi connectivity index (χ3v) is 3.32. The van der Waals surface area contributed by atoms with Gasteiger partial charge in [-0.1, -0.05) is 13.3 Å². The molecule has 0 aromatic heterocycles. The summed E-state index contributed by atoms with van der Waals surface area (Å²) in [4.78, 5) is 0. The van der Waals surface area contributed by atoms with Crippen LogP contribution in [0.5, 0.6) is 0 Å². The van der Waals surface area contributed by atoms with Crippen molar-refractivity contribution in [3.8, 4) is 0 Å². The summed E-state index contributed by atoms with van der Waals surface area (Å²) in [5, 5.41) is 1.62. The summed E-state index contributed by atoms with van der Waals surface area (Å²) in [6, 6.07) is 0. The average Bonchev–Trinajstić information content (AvgIpc) is 1.78. The topological polar surface area (TPSA) is 26.0 Å². The fourth-order valence-corrected chi connectivity index (χ4v) is 2.26. The molecule has 1 fully saturated rings. The Morgan fingerprint density at radius 2 is 2.33 bits per heavy atom. The Morgan fingerprint density at radius 1 is 1.67 bits per heavy atom. The van der Waals surface area contributed by atoms with Gasteiger partial charge in [0.15, 0.2) is 0 Å². The molecule has 0 saturated heterocycles. The van der Waals surface area contributed by atoms with Gasteiger partial charge in [-0.15, -0.1) is 0 Å². The molecule has 54 valence electrons. The van der Waals surface area contributed by atoms with E-state index in [4.69, 9.17) is 5.73 Å². The van der Waals surface area contributed by atoms with Crippen LogP contribution in [-0.2, 0) is 0 Å². The Morgan fingerprint density at radius 3 is 2.67 bits per heavy atom. The molecule has 0 aromatic rings. The fraction of sp³-hybridized carbons (Fsp3) is 1.00. The van der Waals surface area contributed by atoms with Gasteiger partial charge in [-0.25, -0.2) is 0 Å². The lowest BCUT2D eigenvalue weighted by Crippen LogP contribution is -2.21. The quantitative estimate of drug-likeness (QED) is 0.653. The van der Waals surface area contributed by atoms with Crippen molar-refractivity contribution in [2.24, 2.45) is 5.73 Å². The first-order chi connectivity index (χ1) is 4.33. The minimum atomic E-state index is 0.676. The van der Waals surface area contributed by atoms with Gasteiger partial charge in [0.25, 0.3) is 0 Å². The average molecular weight is 145 g/mol. The van der Waals surface area contributed by atoms with Crippen LogP contribution in [0.15, 0.2) is 0 Å². The molecule has 0 bridgehead atoms. The molecule has 1 rings (SSSR count). The van der Waals surface area contributed by atoms with E-state index in [1.54, 1.807) is 0 Å². The smallest absolute Gasteiger partial charge is 0.0144 e. The lowest BCUT2D eigenvalue weighted by Gasteiger charge is -2.27. The molecule has 2 heteroatoms. The molecule has 1 atom stereocenters. The molecule has 0 amide bonds. The van der Waals surface area contributed by atoms with Gasteiger partial charge < -0.3 is 5.73 Å². The van der Waals surface area contributed by atoms with Crippen molar-refractivity contribution in [2.75, 3.05) is 6.54 Å². The molecule has 0 aliphatic heterocycles. The van der Waals surface area contributed by atoms with Crippen molar-refractivity contribution >= 4 is 11.8 Å². The molecule has 1 aliphatic carbocycles. The van der Waals surface area contributed by atoms with Gasteiger partial charge in [-0.05, 0) is 12.8 Å². The summed E-state index contributed by atoms with van der Waals surface area (Å²) in [5.41, 5.74) is 5.48. The highest BCUT2D eigenvalue weighted by Gasteiger charge is 2.19. The minimum absolute atomic E-state index is 0.676. The molecule has 0 heterocycles. The van der Waals surface area contributed by atoms with Gasteiger partial charge in [0.2, 0.25) is 0 Å². The van der Waals surface area contributed by atoms with E-state index in [9.17, 15) is 0 Å². The molecule has 0 aromatic carbocycles. The van der Waals surface area contributed by atoms with E-state index in [2.05, 4.69) is 18.7 Å². The number of nitrogens with two attached hydrogens (primary N) is 1. The van der Waals surface area contributed by atoms with Crippen molar-refractivity contribution in [1.82, 2.24) is 0 Å². The van der Waals surface area contributed by atoms with E-state index in [1.807, 2.05) is 0 Å². The van der Waals surface area contributed by atoms with Crippen LogP contribution in [0.25, 0.3) is 0 Å². The molecular formula is C7H15NS. The summed E-state index contributed by atoms with van der Waals surface area (Å²) in [7, 11) is 0. The highest BCUT2D eigenvalue weighted by molar-refractivity contribution is 8.00. The van der Waals surface area contributed by atoms with Gasteiger partial charge in [0.1, 0.15) is 0 Å². The first-order valence-corrected chi connectivity index (χ1v) is 4.62. The van der Waals surface area contributed by atoms with E-state index in [1.165, 1.54) is 19.3 Å². The zero-order valence-corrected chi connectivity index (χ0v) is 6.79. The second-order valence-corrected chi connectivity index (χ2v) is 4.48. The molecule has 0 radical (unpaired) electrons. The Hall–Kier alpha value is 0.310. The van der Waals surface area contributed by atoms with Gasteiger partial charge >= 0.3 is 0 Å². The standard InChI is InChI=1S/C7H15NS/c1-6(5-8)9-7-3-2-4-7/h6-7H,2-5,8H2,1H3. The van der Waals surface area contributed by atoms with E-state index in [0.717, 1.165) is 11.8 Å². The third-order valence-electron chi connectivity index (χ3n) is 1.81. The van der Waals surface area contributed by atoms with Crippen LogP contribution in [0.3, 0.4) is 0 Å². The summed E-state index contributed by atoms with van der Waals surface area (Å²) < 4.78 is 0. The molecule has 2 N–H and O–H groups in total. The molecule has 1 aliphatic rings. The van der Waals surface area contributed by atoms with Crippen LogP contribution < -0.4 is 5.73 Å². The van der Waals surface area contributed by atoms with Crippen molar-refractivity contribution in [3.63, 3.8) is 0 Å². The third kappa shape index (κ3) is 2.18. The first-order valence-electron chi connectivity index (χ1n) is 3.68. The van der Waals surface area contributed by atoms with Gasteiger partial charge in [0.05, 0.1) is 0 Å². The second kappa shape index (κ2) is 3.47. The number of hydrogen-bond donors (Lipinski definition) is 1. The van der Waals surface area contributed by atoms with Crippen molar-refractivity contribution < 1.29 is 0 Å². The van der Waals surface area contributed by atoms with E-state index in [0.29, 0.717) is 5.25 Å². The van der Waals surface area contributed by atoms with E-state index >= 15 is 0 Å². The highest BCUT2D eigenvalue weighted by Crippen LogP contribution is 2.33. The zero-order valence-electron chi connectivity index (χ0n) is 5.97. The number of rotatable bonds is 3. The highest BCUT2D eigenvalue weighted by atomic mass is 32.2.